The van der Waals surface area contributed by atoms with Crippen LogP contribution in [0.2, 0.25) is 0 Å². The summed E-state index contributed by atoms with van der Waals surface area (Å²) in [5.74, 6) is -3.26. The molecular formula is C23H26BrN5O5S. The average Bonchev–Trinajstić information content (AvgIpc) is 3.54. The predicted molar refractivity (Wildman–Crippen MR) is 133 cm³/mol. The van der Waals surface area contributed by atoms with Crippen molar-refractivity contribution < 1.29 is 24.6 Å². The fraction of sp³-hybridized carbons (Fsp3) is 0.522. The Morgan fingerprint density at radius 2 is 2.14 bits per heavy atom. The summed E-state index contributed by atoms with van der Waals surface area (Å²) in [4.78, 5) is 43.0. The van der Waals surface area contributed by atoms with Crippen molar-refractivity contribution in [3.63, 3.8) is 0 Å². The number of aromatic nitrogens is 3. The van der Waals surface area contributed by atoms with Gasteiger partial charge in [-0.15, -0.1) is 23.4 Å². The third kappa shape index (κ3) is 3.68. The Morgan fingerprint density at radius 3 is 2.86 bits per heavy atom. The molecule has 35 heavy (non-hydrogen) atoms. The molecule has 2 amide bonds. The molecule has 3 aliphatic heterocycles. The normalized spacial score (nSPS) is 31.2. The van der Waals surface area contributed by atoms with Crippen LogP contribution in [-0.4, -0.2) is 93.4 Å². The number of nitrogens with zero attached hydrogens (tertiary/aromatic N) is 5. The van der Waals surface area contributed by atoms with Crippen LogP contribution in [0.1, 0.15) is 12.8 Å². The maximum Gasteiger partial charge on any atom is 0.308 e. The van der Waals surface area contributed by atoms with Crippen LogP contribution in [0.4, 0.5) is 0 Å². The highest BCUT2D eigenvalue weighted by Gasteiger charge is 2.75. The number of amides is 2. The number of carbonyl (C=O) groups excluding carboxylic acids is 2. The first-order chi connectivity index (χ1) is 16.8. The fourth-order valence-electron chi connectivity index (χ4n) is 5.90. The van der Waals surface area contributed by atoms with Gasteiger partial charge in [-0.05, 0) is 25.0 Å². The molecule has 0 aliphatic carbocycles. The van der Waals surface area contributed by atoms with Gasteiger partial charge in [0.1, 0.15) is 18.2 Å². The number of hydrogen-bond donors (Lipinski definition) is 2. The number of halogens is 1. The second-order valence-electron chi connectivity index (χ2n) is 9.18. The highest BCUT2D eigenvalue weighted by Crippen LogP contribution is 2.67. The minimum Gasteiger partial charge on any atom is -0.481 e. The zero-order chi connectivity index (χ0) is 24.9. The lowest BCUT2D eigenvalue weighted by Gasteiger charge is -2.37. The molecule has 2 bridgehead atoms. The first-order valence-electron chi connectivity index (χ1n) is 11.5. The lowest BCUT2D eigenvalue weighted by Crippen LogP contribution is -2.55. The van der Waals surface area contributed by atoms with Crippen molar-refractivity contribution in [2.45, 2.75) is 40.4 Å². The van der Waals surface area contributed by atoms with Gasteiger partial charge in [0.05, 0.1) is 22.1 Å². The number of fused-ring (bicyclic) bond motifs is 2. The van der Waals surface area contributed by atoms with Crippen molar-refractivity contribution in [2.75, 3.05) is 19.7 Å². The Hall–Kier alpha value is -2.44. The molecule has 6 atom stereocenters. The predicted octanol–water partition coefficient (Wildman–Crippen LogP) is 1.34. The molecule has 1 spiro atoms. The number of aliphatic hydroxyl groups is 1. The van der Waals surface area contributed by atoms with E-state index in [1.165, 1.54) is 16.7 Å². The van der Waals surface area contributed by atoms with E-state index in [4.69, 9.17) is 0 Å². The van der Waals surface area contributed by atoms with Gasteiger partial charge < -0.3 is 20.0 Å². The number of carboxylic acid groups (broad SMARTS) is 1. The van der Waals surface area contributed by atoms with E-state index >= 15 is 0 Å². The van der Waals surface area contributed by atoms with Gasteiger partial charge in [-0.25, -0.2) is 4.68 Å². The molecule has 3 aliphatic rings. The van der Waals surface area contributed by atoms with Crippen molar-refractivity contribution in [1.82, 2.24) is 24.8 Å². The van der Waals surface area contributed by atoms with E-state index in [2.05, 4.69) is 32.8 Å². The topological polar surface area (TPSA) is 129 Å². The average molecular weight is 564 g/mol. The largest absolute Gasteiger partial charge is 0.481 e. The number of hydrogen-bond acceptors (Lipinski definition) is 7. The Morgan fingerprint density at radius 1 is 1.37 bits per heavy atom. The summed E-state index contributed by atoms with van der Waals surface area (Å²) in [6, 6.07) is 6.59. The summed E-state index contributed by atoms with van der Waals surface area (Å²) in [5, 5.41) is 27.5. The number of thioether (sulfide) groups is 1. The minimum absolute atomic E-state index is 0.110. The van der Waals surface area contributed by atoms with Gasteiger partial charge in [-0.2, -0.15) is 0 Å². The molecule has 0 saturated carbocycles. The van der Waals surface area contributed by atoms with E-state index in [0.717, 1.165) is 5.52 Å². The quantitative estimate of drug-likeness (QED) is 0.345. The molecule has 10 nitrogen and oxygen atoms in total. The van der Waals surface area contributed by atoms with Crippen molar-refractivity contribution in [2.24, 2.45) is 11.8 Å². The van der Waals surface area contributed by atoms with Crippen molar-refractivity contribution in [3.8, 4) is 0 Å². The van der Waals surface area contributed by atoms with Gasteiger partial charge >= 0.3 is 5.97 Å². The van der Waals surface area contributed by atoms with E-state index in [1.54, 1.807) is 15.7 Å². The van der Waals surface area contributed by atoms with Crippen molar-refractivity contribution in [1.29, 1.82) is 0 Å². The highest BCUT2D eigenvalue weighted by atomic mass is 79.9. The fourth-order valence-corrected chi connectivity index (χ4v) is 9.50. The smallest absolute Gasteiger partial charge is 0.308 e. The molecule has 5 rings (SSSR count). The molecule has 0 radical (unpaired) electrons. The first-order valence-corrected chi connectivity index (χ1v) is 13.3. The van der Waals surface area contributed by atoms with Crippen LogP contribution in [0.15, 0.2) is 36.9 Å². The third-order valence-corrected chi connectivity index (χ3v) is 10.5. The van der Waals surface area contributed by atoms with Crippen LogP contribution in [0.3, 0.4) is 0 Å². The first kappa shape index (κ1) is 24.3. The molecular weight excluding hydrogens is 538 g/mol. The maximum absolute atomic E-state index is 14.2. The molecule has 1 aromatic carbocycles. The van der Waals surface area contributed by atoms with E-state index < -0.39 is 28.6 Å². The summed E-state index contributed by atoms with van der Waals surface area (Å²) < 4.78 is 0.780. The van der Waals surface area contributed by atoms with Gasteiger partial charge in [0.2, 0.25) is 11.8 Å². The SMILES string of the molecule is C=CCN(Cn1nnc2ccccc21)C(=O)C1N(CCCO)C(=O)[C@@H]2[C@@H](C(=O)O)[C@@H]3SC12CC3Br. The number of carbonyl (C=O) groups is 3. The van der Waals surface area contributed by atoms with Gasteiger partial charge in [0.15, 0.2) is 0 Å². The number of aliphatic hydroxyl groups excluding tert-OH is 1. The van der Waals surface area contributed by atoms with E-state index in [9.17, 15) is 24.6 Å². The van der Waals surface area contributed by atoms with Gasteiger partial charge in [0, 0.05) is 29.8 Å². The zero-order valence-electron chi connectivity index (χ0n) is 18.9. The van der Waals surface area contributed by atoms with Crippen LogP contribution in [0, 0.1) is 11.8 Å². The van der Waals surface area contributed by atoms with Crippen LogP contribution in [-0.2, 0) is 21.1 Å². The maximum atomic E-state index is 14.2. The Labute approximate surface area is 214 Å². The van der Waals surface area contributed by atoms with E-state index in [-0.39, 0.29) is 48.3 Å². The van der Waals surface area contributed by atoms with Crippen LogP contribution >= 0.6 is 27.7 Å². The second-order valence-corrected chi connectivity index (χ2v) is 11.9. The summed E-state index contributed by atoms with van der Waals surface area (Å²) in [6.07, 6.45) is 2.44. The minimum atomic E-state index is -1.01. The number of para-hydroxylation sites is 1. The molecule has 4 heterocycles. The lowest BCUT2D eigenvalue weighted by atomic mass is 9.71. The van der Waals surface area contributed by atoms with Crippen LogP contribution in [0.25, 0.3) is 11.0 Å². The molecule has 3 saturated heterocycles. The van der Waals surface area contributed by atoms with E-state index in [1.807, 2.05) is 24.3 Å². The van der Waals surface area contributed by atoms with Gasteiger partial charge in [-0.3, -0.25) is 14.4 Å². The Kier molecular flexibility index (Phi) is 6.39. The number of likely N-dealkylation sites (tertiary alicyclic amines) is 1. The number of alkyl halides is 1. The molecule has 3 unspecified atom stereocenters. The lowest BCUT2D eigenvalue weighted by molar-refractivity contribution is -0.148. The van der Waals surface area contributed by atoms with Gasteiger partial charge in [-0.1, -0.05) is 39.4 Å². The molecule has 186 valence electrons. The highest BCUT2D eigenvalue weighted by molar-refractivity contribution is 9.09. The Balaban J connectivity index is 1.53. The molecule has 12 heteroatoms. The van der Waals surface area contributed by atoms with Crippen LogP contribution in [0.5, 0.6) is 0 Å². The third-order valence-electron chi connectivity index (χ3n) is 7.25. The molecule has 3 fully saturated rings. The summed E-state index contributed by atoms with van der Waals surface area (Å²) >= 11 is 5.09. The standard InChI is InChI=1S/C23H26BrN5O5S/c1-2-8-27(12-29-15-7-4-3-6-14(15)25-26-29)21(32)19-23-11-13(24)18(35-23)16(22(33)34)17(23)20(31)28(19)9-5-10-30/h2-4,6-7,13,16-19,30H,1,5,8-12H2,(H,33,34)/t13?,16-,17+,18-,19?,23?/m1/s1. The summed E-state index contributed by atoms with van der Waals surface area (Å²) in [6.45, 7) is 4.18. The van der Waals surface area contributed by atoms with Crippen molar-refractivity contribution in [3.05, 3.63) is 36.9 Å². The zero-order valence-corrected chi connectivity index (χ0v) is 21.3. The monoisotopic (exact) mass is 563 g/mol. The van der Waals surface area contributed by atoms with Gasteiger partial charge in [0.25, 0.3) is 0 Å². The van der Waals surface area contributed by atoms with Crippen molar-refractivity contribution >= 4 is 56.5 Å². The van der Waals surface area contributed by atoms with Crippen LogP contribution < -0.4 is 0 Å². The molecule has 2 N–H and O–H groups in total. The second kappa shape index (κ2) is 9.21. The number of benzene rings is 1. The Bertz CT molecular complexity index is 1190. The van der Waals surface area contributed by atoms with E-state index in [0.29, 0.717) is 18.4 Å². The number of rotatable bonds is 9. The number of carboxylic acids is 1. The number of aliphatic carboxylic acids is 1. The summed E-state index contributed by atoms with van der Waals surface area (Å²) in [5.41, 5.74) is 1.47. The molecule has 1 aromatic heterocycles. The summed E-state index contributed by atoms with van der Waals surface area (Å²) in [7, 11) is 0. The molecule has 2 aromatic rings.